The third kappa shape index (κ3) is 5.95. The smallest absolute Gasteiger partial charge is 0.254 e. The Morgan fingerprint density at radius 1 is 0.921 bits per heavy atom. The fourth-order valence-corrected chi connectivity index (χ4v) is 6.49. The minimum Gasteiger partial charge on any atom is -0.379 e. The molecule has 2 aromatic rings. The van der Waals surface area contributed by atoms with Crippen molar-refractivity contribution in [1.82, 2.24) is 20.0 Å². The van der Waals surface area contributed by atoms with E-state index in [1.165, 1.54) is 0 Å². The van der Waals surface area contributed by atoms with Gasteiger partial charge in [-0.05, 0) is 55.7 Å². The summed E-state index contributed by atoms with van der Waals surface area (Å²) in [4.78, 5) is 33.3. The van der Waals surface area contributed by atoms with Crippen LogP contribution in [0.5, 0.6) is 0 Å². The van der Waals surface area contributed by atoms with Gasteiger partial charge < -0.3 is 19.9 Å². The van der Waals surface area contributed by atoms with Gasteiger partial charge in [0.1, 0.15) is 0 Å². The van der Waals surface area contributed by atoms with E-state index in [0.29, 0.717) is 25.0 Å². The normalized spacial score (nSPS) is 23.7. The highest BCUT2D eigenvalue weighted by Crippen LogP contribution is 2.33. The maximum absolute atomic E-state index is 13.3. The maximum Gasteiger partial charge on any atom is 0.254 e. The van der Waals surface area contributed by atoms with E-state index in [9.17, 15) is 9.59 Å². The van der Waals surface area contributed by atoms with Crippen molar-refractivity contribution in [2.75, 3.05) is 59.0 Å². The molecule has 0 aliphatic carbocycles. The van der Waals surface area contributed by atoms with Gasteiger partial charge in [0, 0.05) is 51.4 Å². The van der Waals surface area contributed by atoms with E-state index >= 15 is 0 Å². The number of hydrogen-bond donors (Lipinski definition) is 1. The third-order valence-corrected chi connectivity index (χ3v) is 8.77. The molecule has 1 N–H and O–H groups in total. The lowest BCUT2D eigenvalue weighted by Crippen LogP contribution is -2.50. The van der Waals surface area contributed by atoms with E-state index in [1.807, 2.05) is 57.2 Å². The van der Waals surface area contributed by atoms with Crippen molar-refractivity contribution in [3.8, 4) is 0 Å². The molecule has 7 nitrogen and oxygen atoms in total. The summed E-state index contributed by atoms with van der Waals surface area (Å²) in [6, 6.07) is 16.2. The molecule has 0 aromatic heterocycles. The Bertz CT molecular complexity index is 1080. The number of ether oxygens (including phenoxy) is 1. The van der Waals surface area contributed by atoms with Gasteiger partial charge in [-0.3, -0.25) is 14.5 Å². The zero-order valence-corrected chi connectivity index (χ0v) is 23.1. The molecule has 0 radical (unpaired) electrons. The monoisotopic (exact) mass is 518 g/mol. The Balaban J connectivity index is 1.16. The van der Waals surface area contributed by atoms with Gasteiger partial charge >= 0.3 is 0 Å². The van der Waals surface area contributed by atoms with Crippen LogP contribution in [0.25, 0.3) is 0 Å². The second-order valence-electron chi connectivity index (χ2n) is 11.3. The van der Waals surface area contributed by atoms with Crippen LogP contribution < -0.4 is 5.32 Å². The molecule has 4 atom stereocenters. The summed E-state index contributed by atoms with van der Waals surface area (Å²) in [5.41, 5.74) is 4.15. The lowest BCUT2D eigenvalue weighted by atomic mass is 10.0. The molecular formula is C31H42N4O3. The van der Waals surface area contributed by atoms with Crippen LogP contribution in [0.2, 0.25) is 0 Å². The number of likely N-dealkylation sites (tertiary alicyclic amines) is 2. The molecule has 0 saturated carbocycles. The number of carbonyl (C=O) groups excluding carboxylic acids is 2. The highest BCUT2D eigenvalue weighted by Gasteiger charge is 2.42. The van der Waals surface area contributed by atoms with Crippen molar-refractivity contribution in [2.24, 2.45) is 11.8 Å². The summed E-state index contributed by atoms with van der Waals surface area (Å²) in [7, 11) is 0. The molecule has 2 aromatic carbocycles. The van der Waals surface area contributed by atoms with Gasteiger partial charge in [-0.15, -0.1) is 0 Å². The minimum absolute atomic E-state index is 0.0188. The number of aryl methyl sites for hydroxylation is 2. The molecule has 3 aliphatic heterocycles. The van der Waals surface area contributed by atoms with Crippen LogP contribution in [-0.4, -0.2) is 91.6 Å². The fourth-order valence-electron chi connectivity index (χ4n) is 6.49. The molecule has 5 rings (SSSR count). The molecule has 3 fully saturated rings. The average molecular weight is 519 g/mol. The summed E-state index contributed by atoms with van der Waals surface area (Å²) in [6.07, 6.45) is 0.871. The van der Waals surface area contributed by atoms with Crippen molar-refractivity contribution < 1.29 is 14.3 Å². The van der Waals surface area contributed by atoms with Gasteiger partial charge in [0.25, 0.3) is 5.91 Å². The second-order valence-corrected chi connectivity index (χ2v) is 11.3. The Kier molecular flexibility index (Phi) is 8.46. The first-order chi connectivity index (χ1) is 18.4. The van der Waals surface area contributed by atoms with Gasteiger partial charge in [-0.25, -0.2) is 0 Å². The summed E-state index contributed by atoms with van der Waals surface area (Å²) < 4.78 is 5.46. The Morgan fingerprint density at radius 3 is 2.18 bits per heavy atom. The number of amides is 2. The largest absolute Gasteiger partial charge is 0.379 e. The van der Waals surface area contributed by atoms with Gasteiger partial charge in [0.2, 0.25) is 5.91 Å². The van der Waals surface area contributed by atoms with Gasteiger partial charge in [0.15, 0.2) is 0 Å². The number of carbonyl (C=O) groups is 2. The first-order valence-electron chi connectivity index (χ1n) is 14.2. The van der Waals surface area contributed by atoms with E-state index < -0.39 is 0 Å². The van der Waals surface area contributed by atoms with E-state index in [4.69, 9.17) is 4.74 Å². The summed E-state index contributed by atoms with van der Waals surface area (Å²) >= 11 is 0. The molecule has 0 bridgehead atoms. The molecule has 3 aliphatic rings. The van der Waals surface area contributed by atoms with Crippen LogP contribution in [0.15, 0.2) is 48.5 Å². The molecule has 0 spiro atoms. The molecule has 2 amide bonds. The first-order valence-corrected chi connectivity index (χ1v) is 14.2. The zero-order chi connectivity index (χ0) is 26.6. The molecule has 3 heterocycles. The maximum atomic E-state index is 13.3. The lowest BCUT2D eigenvalue weighted by molar-refractivity contribution is -0.128. The predicted octanol–water partition coefficient (Wildman–Crippen LogP) is 3.28. The van der Waals surface area contributed by atoms with Crippen LogP contribution in [0.3, 0.4) is 0 Å². The standard InChI is InChI=1S/C31H42N4O3/c1-22-8-7-9-23(2)29(22)31(37)35-20-26-18-33(19-27(26)21-35)13-12-28(25-10-5-4-6-11-25)32-30(36)24(3)34-14-16-38-17-15-34/h4-11,24,26-28H,12-21H2,1-3H3,(H,32,36). The van der Waals surface area contributed by atoms with Crippen molar-refractivity contribution in [1.29, 1.82) is 0 Å². The van der Waals surface area contributed by atoms with Gasteiger partial charge in [0.05, 0.1) is 25.3 Å². The van der Waals surface area contributed by atoms with Crippen LogP contribution in [0.1, 0.15) is 46.4 Å². The average Bonchev–Trinajstić information content (AvgIpc) is 3.50. The number of nitrogens with one attached hydrogen (secondary N) is 1. The molecule has 38 heavy (non-hydrogen) atoms. The number of fused-ring (bicyclic) bond motifs is 1. The first kappa shape index (κ1) is 26.9. The topological polar surface area (TPSA) is 65.1 Å². The quantitative estimate of drug-likeness (QED) is 0.581. The number of rotatable bonds is 8. The SMILES string of the molecule is Cc1cccc(C)c1C(=O)N1CC2CN(CCC(NC(=O)C(C)N3CCOCC3)c3ccccc3)CC2C1. The molecule has 204 valence electrons. The van der Waals surface area contributed by atoms with E-state index in [-0.39, 0.29) is 23.9 Å². The fraction of sp³-hybridized carbons (Fsp3) is 0.548. The molecular weight excluding hydrogens is 476 g/mol. The van der Waals surface area contributed by atoms with E-state index in [2.05, 4.69) is 32.1 Å². The van der Waals surface area contributed by atoms with E-state index in [0.717, 1.165) is 74.5 Å². The van der Waals surface area contributed by atoms with Gasteiger partial charge in [-0.1, -0.05) is 48.5 Å². The second kappa shape index (κ2) is 12.0. The van der Waals surface area contributed by atoms with Crippen molar-refractivity contribution in [3.05, 3.63) is 70.8 Å². The van der Waals surface area contributed by atoms with E-state index in [1.54, 1.807) is 0 Å². The van der Waals surface area contributed by atoms with Gasteiger partial charge in [-0.2, -0.15) is 0 Å². The van der Waals surface area contributed by atoms with Crippen molar-refractivity contribution in [3.63, 3.8) is 0 Å². The lowest BCUT2D eigenvalue weighted by Gasteiger charge is -2.32. The number of morpholine rings is 1. The highest BCUT2D eigenvalue weighted by molar-refractivity contribution is 5.97. The van der Waals surface area contributed by atoms with Crippen LogP contribution in [-0.2, 0) is 9.53 Å². The number of hydrogen-bond acceptors (Lipinski definition) is 5. The molecule has 4 unspecified atom stereocenters. The Labute approximate surface area is 227 Å². The van der Waals surface area contributed by atoms with Crippen molar-refractivity contribution >= 4 is 11.8 Å². The highest BCUT2D eigenvalue weighted by atomic mass is 16.5. The molecule has 3 saturated heterocycles. The van der Waals surface area contributed by atoms with Crippen LogP contribution in [0.4, 0.5) is 0 Å². The van der Waals surface area contributed by atoms with Crippen LogP contribution in [0, 0.1) is 25.7 Å². The summed E-state index contributed by atoms with van der Waals surface area (Å²) in [5, 5.41) is 3.35. The van der Waals surface area contributed by atoms with Crippen LogP contribution >= 0.6 is 0 Å². The summed E-state index contributed by atoms with van der Waals surface area (Å²) in [6.45, 7) is 13.7. The van der Waals surface area contributed by atoms with Crippen molar-refractivity contribution in [2.45, 2.75) is 39.3 Å². The number of nitrogens with zero attached hydrogens (tertiary/aromatic N) is 3. The summed E-state index contributed by atoms with van der Waals surface area (Å²) in [5.74, 6) is 1.31. The Morgan fingerprint density at radius 2 is 1.55 bits per heavy atom. The number of benzene rings is 2. The predicted molar refractivity (Wildman–Crippen MR) is 149 cm³/mol. The molecule has 7 heteroatoms. The third-order valence-electron chi connectivity index (χ3n) is 8.77. The minimum atomic E-state index is -0.170. The zero-order valence-electron chi connectivity index (χ0n) is 23.1. The Hall–Kier alpha value is -2.74.